The maximum Gasteiger partial charge on any atom is 0.183 e. The van der Waals surface area contributed by atoms with Crippen LogP contribution in [-0.4, -0.2) is 6.54 Å². The van der Waals surface area contributed by atoms with Gasteiger partial charge in [-0.1, -0.05) is 0 Å². The molecule has 0 spiro atoms. The van der Waals surface area contributed by atoms with Gasteiger partial charge >= 0.3 is 0 Å². The number of halogens is 2. The van der Waals surface area contributed by atoms with Gasteiger partial charge in [-0.25, -0.2) is 0 Å². The van der Waals surface area contributed by atoms with Crippen LogP contribution in [0.4, 0.5) is 0 Å². The van der Waals surface area contributed by atoms with E-state index in [1.807, 2.05) is 6.07 Å². The molecule has 0 aliphatic carbocycles. The first-order valence-corrected chi connectivity index (χ1v) is 7.46. The van der Waals surface area contributed by atoms with E-state index in [2.05, 4.69) is 48.6 Å². The number of rotatable bonds is 1. The van der Waals surface area contributed by atoms with Crippen molar-refractivity contribution in [1.82, 2.24) is 5.32 Å². The van der Waals surface area contributed by atoms with Gasteiger partial charge < -0.3 is 9.73 Å². The Kier molecular flexibility index (Phi) is 2.96. The highest BCUT2D eigenvalue weighted by Crippen LogP contribution is 2.37. The molecule has 0 saturated carbocycles. The Balaban J connectivity index is 2.03. The Morgan fingerprint density at radius 2 is 2.31 bits per heavy atom. The minimum atomic E-state index is 0.200. The SMILES string of the molecule is Brc1cc(C2NCCc3ccsc32)oc1Br. The lowest BCUT2D eigenvalue weighted by Crippen LogP contribution is -2.28. The van der Waals surface area contributed by atoms with Gasteiger partial charge in [-0.05, 0) is 61.4 Å². The highest BCUT2D eigenvalue weighted by atomic mass is 79.9. The minimum Gasteiger partial charge on any atom is -0.451 e. The van der Waals surface area contributed by atoms with E-state index in [-0.39, 0.29) is 6.04 Å². The lowest BCUT2D eigenvalue weighted by atomic mass is 10.0. The maximum absolute atomic E-state index is 5.69. The van der Waals surface area contributed by atoms with Gasteiger partial charge in [0.2, 0.25) is 0 Å². The summed E-state index contributed by atoms with van der Waals surface area (Å²) in [6, 6.07) is 4.43. The lowest BCUT2D eigenvalue weighted by molar-refractivity contribution is 0.426. The monoisotopic (exact) mass is 361 g/mol. The van der Waals surface area contributed by atoms with E-state index < -0.39 is 0 Å². The smallest absolute Gasteiger partial charge is 0.183 e. The van der Waals surface area contributed by atoms with Gasteiger partial charge in [0.15, 0.2) is 4.67 Å². The van der Waals surface area contributed by atoms with Gasteiger partial charge in [0.1, 0.15) is 11.8 Å². The van der Waals surface area contributed by atoms with Gasteiger partial charge in [-0.15, -0.1) is 11.3 Å². The fraction of sp³-hybridized carbons (Fsp3) is 0.273. The predicted octanol–water partition coefficient (Wildman–Crippen LogP) is 4.10. The van der Waals surface area contributed by atoms with E-state index in [0.717, 1.165) is 27.9 Å². The summed E-state index contributed by atoms with van der Waals surface area (Å²) in [6.45, 7) is 1.00. The Morgan fingerprint density at radius 1 is 1.44 bits per heavy atom. The summed E-state index contributed by atoms with van der Waals surface area (Å²) in [5, 5.41) is 5.64. The largest absolute Gasteiger partial charge is 0.451 e. The zero-order chi connectivity index (χ0) is 11.1. The van der Waals surface area contributed by atoms with Crippen molar-refractivity contribution < 1.29 is 4.42 Å². The second-order valence-electron chi connectivity index (χ2n) is 3.72. The molecule has 0 radical (unpaired) electrons. The van der Waals surface area contributed by atoms with Crippen molar-refractivity contribution in [3.8, 4) is 0 Å². The highest BCUT2D eigenvalue weighted by molar-refractivity contribution is 9.13. The maximum atomic E-state index is 5.69. The zero-order valence-electron chi connectivity index (χ0n) is 8.30. The number of hydrogen-bond acceptors (Lipinski definition) is 3. The molecule has 1 atom stereocenters. The first-order chi connectivity index (χ1) is 7.75. The van der Waals surface area contributed by atoms with Crippen LogP contribution in [0, 0.1) is 0 Å². The highest BCUT2D eigenvalue weighted by Gasteiger charge is 2.25. The molecule has 3 heterocycles. The molecule has 0 bridgehead atoms. The standard InChI is InChI=1S/C11H9Br2NOS/c12-7-5-8(15-11(7)13)9-10-6(1-3-14-9)2-4-16-10/h2,4-5,9,14H,1,3H2. The number of hydrogen-bond donors (Lipinski definition) is 1. The third kappa shape index (κ3) is 1.79. The molecule has 1 aliphatic rings. The average Bonchev–Trinajstić information content (AvgIpc) is 2.85. The Hall–Kier alpha value is -0.100. The fourth-order valence-corrected chi connectivity index (χ4v) is 3.63. The van der Waals surface area contributed by atoms with E-state index >= 15 is 0 Å². The molecule has 1 aliphatic heterocycles. The second kappa shape index (κ2) is 4.29. The van der Waals surface area contributed by atoms with Crippen molar-refractivity contribution in [3.05, 3.63) is 42.9 Å². The minimum absolute atomic E-state index is 0.200. The van der Waals surface area contributed by atoms with Crippen molar-refractivity contribution in [2.75, 3.05) is 6.54 Å². The molecule has 1 unspecified atom stereocenters. The van der Waals surface area contributed by atoms with E-state index in [1.165, 1.54) is 10.4 Å². The van der Waals surface area contributed by atoms with Crippen LogP contribution in [0.1, 0.15) is 22.2 Å². The molecule has 0 amide bonds. The number of nitrogens with one attached hydrogen (secondary N) is 1. The molecule has 0 saturated heterocycles. The summed E-state index contributed by atoms with van der Waals surface area (Å²) in [5.41, 5.74) is 1.44. The fourth-order valence-electron chi connectivity index (χ4n) is 1.99. The van der Waals surface area contributed by atoms with Gasteiger partial charge in [-0.3, -0.25) is 0 Å². The quantitative estimate of drug-likeness (QED) is 0.826. The van der Waals surface area contributed by atoms with Crippen LogP contribution < -0.4 is 5.32 Å². The summed E-state index contributed by atoms with van der Waals surface area (Å²) >= 11 is 8.61. The van der Waals surface area contributed by atoms with Crippen LogP contribution >= 0.6 is 43.2 Å². The normalized spacial score (nSPS) is 19.8. The molecule has 5 heteroatoms. The Labute approximate surface area is 114 Å². The topological polar surface area (TPSA) is 25.2 Å². The number of furan rings is 1. The van der Waals surface area contributed by atoms with Crippen molar-refractivity contribution in [3.63, 3.8) is 0 Å². The van der Waals surface area contributed by atoms with E-state index in [9.17, 15) is 0 Å². The Morgan fingerprint density at radius 3 is 3.06 bits per heavy atom. The molecule has 0 fully saturated rings. The van der Waals surface area contributed by atoms with E-state index in [0.29, 0.717) is 0 Å². The summed E-state index contributed by atoms with van der Waals surface area (Å²) in [4.78, 5) is 1.38. The summed E-state index contributed by atoms with van der Waals surface area (Å²) in [5.74, 6) is 0.960. The summed E-state index contributed by atoms with van der Waals surface area (Å²) in [7, 11) is 0. The van der Waals surface area contributed by atoms with Crippen molar-refractivity contribution >= 4 is 43.2 Å². The second-order valence-corrected chi connectivity index (χ2v) is 6.24. The van der Waals surface area contributed by atoms with Crippen LogP contribution in [0.15, 0.2) is 31.1 Å². The number of fused-ring (bicyclic) bond motifs is 1. The average molecular weight is 363 g/mol. The molecule has 1 N–H and O–H groups in total. The lowest BCUT2D eigenvalue weighted by Gasteiger charge is -2.22. The molecular weight excluding hydrogens is 354 g/mol. The summed E-state index contributed by atoms with van der Waals surface area (Å²) in [6.07, 6.45) is 1.11. The summed E-state index contributed by atoms with van der Waals surface area (Å²) < 4.78 is 7.42. The molecule has 2 nitrogen and oxygen atoms in total. The number of thiophene rings is 1. The molecule has 2 aromatic rings. The van der Waals surface area contributed by atoms with E-state index in [1.54, 1.807) is 11.3 Å². The third-order valence-corrected chi connectivity index (χ3v) is 5.47. The van der Waals surface area contributed by atoms with Gasteiger partial charge in [0.05, 0.1) is 4.47 Å². The van der Waals surface area contributed by atoms with Crippen molar-refractivity contribution in [1.29, 1.82) is 0 Å². The Bertz CT molecular complexity index is 500. The molecular formula is C11H9Br2NOS. The van der Waals surface area contributed by atoms with Crippen LogP contribution in [0.3, 0.4) is 0 Å². The van der Waals surface area contributed by atoms with Crippen molar-refractivity contribution in [2.24, 2.45) is 0 Å². The van der Waals surface area contributed by atoms with Gasteiger partial charge in [0.25, 0.3) is 0 Å². The third-order valence-electron chi connectivity index (χ3n) is 2.73. The van der Waals surface area contributed by atoms with Crippen LogP contribution in [-0.2, 0) is 6.42 Å². The first kappa shape index (κ1) is 11.0. The van der Waals surface area contributed by atoms with E-state index in [4.69, 9.17) is 4.42 Å². The first-order valence-electron chi connectivity index (χ1n) is 5.00. The zero-order valence-corrected chi connectivity index (χ0v) is 12.3. The van der Waals surface area contributed by atoms with Crippen molar-refractivity contribution in [2.45, 2.75) is 12.5 Å². The van der Waals surface area contributed by atoms with Gasteiger partial charge in [-0.2, -0.15) is 0 Å². The predicted molar refractivity (Wildman–Crippen MR) is 72.0 cm³/mol. The molecule has 2 aromatic heterocycles. The molecule has 3 rings (SSSR count). The molecule has 16 heavy (non-hydrogen) atoms. The van der Waals surface area contributed by atoms with Crippen LogP contribution in [0.25, 0.3) is 0 Å². The van der Waals surface area contributed by atoms with Gasteiger partial charge in [0, 0.05) is 11.4 Å². The molecule has 0 aromatic carbocycles. The molecule has 84 valence electrons. The van der Waals surface area contributed by atoms with Crippen LogP contribution in [0.2, 0.25) is 0 Å². The van der Waals surface area contributed by atoms with Crippen LogP contribution in [0.5, 0.6) is 0 Å².